The van der Waals surface area contributed by atoms with Crippen LogP contribution < -0.4 is 5.32 Å². The monoisotopic (exact) mass is 315 g/mol. The van der Waals surface area contributed by atoms with Gasteiger partial charge in [-0.25, -0.2) is 0 Å². The van der Waals surface area contributed by atoms with Gasteiger partial charge < -0.3 is 10.4 Å². The van der Waals surface area contributed by atoms with Gasteiger partial charge in [0, 0.05) is 12.1 Å². The van der Waals surface area contributed by atoms with Crippen LogP contribution >= 0.6 is 23.2 Å². The van der Waals surface area contributed by atoms with Crippen molar-refractivity contribution >= 4 is 29.1 Å². The van der Waals surface area contributed by atoms with Crippen molar-refractivity contribution in [2.75, 3.05) is 6.54 Å². The van der Waals surface area contributed by atoms with E-state index in [2.05, 4.69) is 12.2 Å². The molecule has 0 saturated heterocycles. The van der Waals surface area contributed by atoms with E-state index in [1.165, 1.54) is 6.07 Å². The summed E-state index contributed by atoms with van der Waals surface area (Å²) in [6.07, 6.45) is 3.46. The smallest absolute Gasteiger partial charge is 0.251 e. The van der Waals surface area contributed by atoms with E-state index in [-0.39, 0.29) is 12.5 Å². The molecule has 1 aromatic rings. The molecule has 0 heterocycles. The molecule has 1 saturated carbocycles. The zero-order valence-electron chi connectivity index (χ0n) is 11.5. The summed E-state index contributed by atoms with van der Waals surface area (Å²) in [6.45, 7) is 2.46. The number of hydrogen-bond acceptors (Lipinski definition) is 2. The van der Waals surface area contributed by atoms with Crippen LogP contribution in [-0.4, -0.2) is 23.2 Å². The molecule has 1 aliphatic rings. The SMILES string of the molecule is CC1CCC(O)(CNC(=O)c2ccc(Cl)c(Cl)c2)CC1. The van der Waals surface area contributed by atoms with Crippen molar-refractivity contribution in [1.29, 1.82) is 0 Å². The van der Waals surface area contributed by atoms with Gasteiger partial charge >= 0.3 is 0 Å². The van der Waals surface area contributed by atoms with Gasteiger partial charge in [0.25, 0.3) is 5.91 Å². The molecular weight excluding hydrogens is 297 g/mol. The summed E-state index contributed by atoms with van der Waals surface area (Å²) in [6, 6.07) is 4.75. The zero-order chi connectivity index (χ0) is 14.8. The second-order valence-corrected chi connectivity index (χ2v) is 6.53. The largest absolute Gasteiger partial charge is 0.388 e. The fraction of sp³-hybridized carbons (Fsp3) is 0.533. The second kappa shape index (κ2) is 6.33. The van der Waals surface area contributed by atoms with Gasteiger partial charge in [0.15, 0.2) is 0 Å². The van der Waals surface area contributed by atoms with Crippen LogP contribution in [0.4, 0.5) is 0 Å². The highest BCUT2D eigenvalue weighted by atomic mass is 35.5. The summed E-state index contributed by atoms with van der Waals surface area (Å²) in [5.74, 6) is 0.414. The summed E-state index contributed by atoms with van der Waals surface area (Å²) in [4.78, 5) is 12.0. The maximum Gasteiger partial charge on any atom is 0.251 e. The lowest BCUT2D eigenvalue weighted by molar-refractivity contribution is -0.00539. The van der Waals surface area contributed by atoms with Gasteiger partial charge in [-0.2, -0.15) is 0 Å². The van der Waals surface area contributed by atoms with Crippen molar-refractivity contribution in [2.24, 2.45) is 5.92 Å². The summed E-state index contributed by atoms with van der Waals surface area (Å²) in [5.41, 5.74) is -0.328. The molecule has 0 spiro atoms. The molecular formula is C15H19Cl2NO2. The van der Waals surface area contributed by atoms with Crippen molar-refractivity contribution < 1.29 is 9.90 Å². The highest BCUT2D eigenvalue weighted by Gasteiger charge is 2.32. The number of amides is 1. The average molecular weight is 316 g/mol. The zero-order valence-corrected chi connectivity index (χ0v) is 13.0. The lowest BCUT2D eigenvalue weighted by atomic mass is 9.79. The van der Waals surface area contributed by atoms with Gasteiger partial charge in [-0.1, -0.05) is 30.1 Å². The quantitative estimate of drug-likeness (QED) is 0.894. The van der Waals surface area contributed by atoms with Crippen LogP contribution in [0.2, 0.25) is 10.0 Å². The van der Waals surface area contributed by atoms with E-state index in [0.29, 0.717) is 21.5 Å². The van der Waals surface area contributed by atoms with Crippen LogP contribution in [-0.2, 0) is 0 Å². The van der Waals surface area contributed by atoms with Crippen molar-refractivity contribution in [3.63, 3.8) is 0 Å². The number of aliphatic hydroxyl groups is 1. The van der Waals surface area contributed by atoms with E-state index in [9.17, 15) is 9.90 Å². The first-order valence-corrected chi connectivity index (χ1v) is 7.61. The molecule has 0 unspecified atom stereocenters. The Morgan fingerprint density at radius 1 is 1.35 bits per heavy atom. The van der Waals surface area contributed by atoms with Crippen molar-refractivity contribution in [3.8, 4) is 0 Å². The van der Waals surface area contributed by atoms with Crippen molar-refractivity contribution in [2.45, 2.75) is 38.2 Å². The first kappa shape index (κ1) is 15.6. The van der Waals surface area contributed by atoms with E-state index < -0.39 is 5.60 Å². The van der Waals surface area contributed by atoms with Gasteiger partial charge in [0.2, 0.25) is 0 Å². The molecule has 0 bridgehead atoms. The van der Waals surface area contributed by atoms with Gasteiger partial charge in [-0.05, 0) is 49.8 Å². The summed E-state index contributed by atoms with van der Waals surface area (Å²) < 4.78 is 0. The summed E-state index contributed by atoms with van der Waals surface area (Å²) >= 11 is 11.7. The Hall–Kier alpha value is -0.770. The molecule has 20 heavy (non-hydrogen) atoms. The molecule has 2 N–H and O–H groups in total. The van der Waals surface area contributed by atoms with Gasteiger partial charge in [0.05, 0.1) is 15.6 Å². The molecule has 1 aliphatic carbocycles. The minimum atomic E-state index is -0.779. The maximum absolute atomic E-state index is 12.0. The van der Waals surface area contributed by atoms with Crippen molar-refractivity contribution in [1.82, 2.24) is 5.32 Å². The maximum atomic E-state index is 12.0. The Morgan fingerprint density at radius 3 is 2.60 bits per heavy atom. The summed E-state index contributed by atoms with van der Waals surface area (Å²) in [7, 11) is 0. The first-order valence-electron chi connectivity index (χ1n) is 6.85. The first-order chi connectivity index (χ1) is 9.39. The van der Waals surface area contributed by atoms with Gasteiger partial charge in [-0.15, -0.1) is 0 Å². The molecule has 2 rings (SSSR count). The number of benzene rings is 1. The number of carbonyl (C=O) groups is 1. The average Bonchev–Trinajstić information content (AvgIpc) is 2.43. The van der Waals surface area contributed by atoms with Crippen LogP contribution in [0, 0.1) is 5.92 Å². The molecule has 3 nitrogen and oxygen atoms in total. The molecule has 1 aromatic carbocycles. The van der Waals surface area contributed by atoms with Crippen LogP contribution in [0.1, 0.15) is 43.0 Å². The Morgan fingerprint density at radius 2 is 2.00 bits per heavy atom. The van der Waals surface area contributed by atoms with E-state index in [1.54, 1.807) is 12.1 Å². The Labute approximate surface area is 129 Å². The Kier molecular flexibility index (Phi) is 4.95. The third kappa shape index (κ3) is 3.87. The lowest BCUT2D eigenvalue weighted by Gasteiger charge is -2.34. The molecule has 1 fully saturated rings. The standard InChI is InChI=1S/C15H19Cl2NO2/c1-10-4-6-15(20,7-5-10)9-18-14(19)11-2-3-12(16)13(17)8-11/h2-3,8,10,20H,4-7,9H2,1H3,(H,18,19). The second-order valence-electron chi connectivity index (χ2n) is 5.72. The molecule has 1 amide bonds. The van der Waals surface area contributed by atoms with E-state index in [4.69, 9.17) is 23.2 Å². The Bertz CT molecular complexity index is 497. The molecule has 0 atom stereocenters. The fourth-order valence-corrected chi connectivity index (χ4v) is 2.76. The molecule has 5 heteroatoms. The number of nitrogens with one attached hydrogen (secondary N) is 1. The predicted molar refractivity (Wildman–Crippen MR) is 81.4 cm³/mol. The topological polar surface area (TPSA) is 49.3 Å². The minimum absolute atomic E-state index is 0.240. The van der Waals surface area contributed by atoms with Gasteiger partial charge in [0.1, 0.15) is 0 Å². The molecule has 110 valence electrons. The minimum Gasteiger partial charge on any atom is -0.388 e. The normalized spacial score (nSPS) is 26.3. The van der Waals surface area contributed by atoms with E-state index >= 15 is 0 Å². The van der Waals surface area contributed by atoms with Crippen LogP contribution in [0.5, 0.6) is 0 Å². The Balaban J connectivity index is 1.93. The van der Waals surface area contributed by atoms with Gasteiger partial charge in [-0.3, -0.25) is 4.79 Å². The molecule has 0 radical (unpaired) electrons. The van der Waals surface area contributed by atoms with Crippen LogP contribution in [0.15, 0.2) is 18.2 Å². The van der Waals surface area contributed by atoms with Crippen molar-refractivity contribution in [3.05, 3.63) is 33.8 Å². The van der Waals surface area contributed by atoms with Crippen LogP contribution in [0.3, 0.4) is 0 Å². The number of halogens is 2. The predicted octanol–water partition coefficient (Wildman–Crippen LogP) is 3.66. The highest BCUT2D eigenvalue weighted by molar-refractivity contribution is 6.42. The summed E-state index contributed by atoms with van der Waals surface area (Å²) in [5, 5.41) is 14.0. The molecule has 0 aromatic heterocycles. The number of rotatable bonds is 3. The van der Waals surface area contributed by atoms with E-state index in [1.807, 2.05) is 0 Å². The third-order valence-electron chi connectivity index (χ3n) is 3.96. The lowest BCUT2D eigenvalue weighted by Crippen LogP contribution is -2.45. The number of hydrogen-bond donors (Lipinski definition) is 2. The third-order valence-corrected chi connectivity index (χ3v) is 4.70. The van der Waals surface area contributed by atoms with E-state index in [0.717, 1.165) is 25.7 Å². The van der Waals surface area contributed by atoms with Crippen LogP contribution in [0.25, 0.3) is 0 Å². The number of carbonyl (C=O) groups excluding carboxylic acids is 1. The highest BCUT2D eigenvalue weighted by Crippen LogP contribution is 2.31. The molecule has 0 aliphatic heterocycles. The fourth-order valence-electron chi connectivity index (χ4n) is 2.46.